The number of rotatable bonds is 11. The predicted octanol–water partition coefficient (Wildman–Crippen LogP) is 4.72. The number of methoxy groups -OCH3 is 3. The minimum absolute atomic E-state index is 0.0309. The largest absolute Gasteiger partial charge is 0.497 e. The molecular formula is C28H31NO6S. The topological polar surface area (TPSA) is 90.9 Å². The zero-order valence-electron chi connectivity index (χ0n) is 20.8. The maximum absolute atomic E-state index is 13.3. The van der Waals surface area contributed by atoms with E-state index in [1.165, 1.54) is 7.11 Å². The van der Waals surface area contributed by atoms with E-state index in [0.717, 1.165) is 16.7 Å². The van der Waals surface area contributed by atoms with Gasteiger partial charge in [0, 0.05) is 12.0 Å². The van der Waals surface area contributed by atoms with Crippen LogP contribution in [0, 0.1) is 6.92 Å². The quantitative estimate of drug-likeness (QED) is 0.376. The lowest BCUT2D eigenvalue weighted by molar-refractivity contribution is -0.141. The van der Waals surface area contributed by atoms with Crippen LogP contribution in [0.3, 0.4) is 0 Å². The number of esters is 1. The van der Waals surface area contributed by atoms with Crippen LogP contribution in [0.25, 0.3) is 6.08 Å². The molecule has 0 amide bonds. The first-order valence-corrected chi connectivity index (χ1v) is 12.9. The first-order chi connectivity index (χ1) is 17.2. The molecule has 0 saturated carbocycles. The van der Waals surface area contributed by atoms with Crippen LogP contribution in [0.2, 0.25) is 0 Å². The Bertz CT molecular complexity index is 1270. The predicted molar refractivity (Wildman–Crippen MR) is 140 cm³/mol. The van der Waals surface area contributed by atoms with E-state index in [0.29, 0.717) is 11.5 Å². The van der Waals surface area contributed by atoms with Gasteiger partial charge in [0.25, 0.3) is 0 Å². The number of carbonyl (C=O) groups excluding carboxylic acids is 1. The van der Waals surface area contributed by atoms with Crippen molar-refractivity contribution >= 4 is 22.1 Å². The van der Waals surface area contributed by atoms with Gasteiger partial charge in [-0.1, -0.05) is 54.1 Å². The van der Waals surface area contributed by atoms with Crippen molar-refractivity contribution in [2.24, 2.45) is 0 Å². The number of sulfonamides is 1. The second-order valence-electron chi connectivity index (χ2n) is 8.25. The van der Waals surface area contributed by atoms with Gasteiger partial charge >= 0.3 is 5.97 Å². The van der Waals surface area contributed by atoms with Crippen LogP contribution in [0.4, 0.5) is 0 Å². The van der Waals surface area contributed by atoms with E-state index in [9.17, 15) is 13.2 Å². The van der Waals surface area contributed by atoms with E-state index in [2.05, 4.69) is 4.72 Å². The second-order valence-corrected chi connectivity index (χ2v) is 9.97. The monoisotopic (exact) mass is 509 g/mol. The Labute approximate surface area is 212 Å². The number of nitrogens with one attached hydrogen (secondary N) is 1. The van der Waals surface area contributed by atoms with Crippen LogP contribution in [0.15, 0.2) is 83.8 Å². The van der Waals surface area contributed by atoms with Gasteiger partial charge in [-0.3, -0.25) is 4.79 Å². The average molecular weight is 510 g/mol. The Morgan fingerprint density at radius 3 is 1.94 bits per heavy atom. The summed E-state index contributed by atoms with van der Waals surface area (Å²) in [7, 11) is 0.571. The molecule has 36 heavy (non-hydrogen) atoms. The molecule has 2 atom stereocenters. The zero-order valence-corrected chi connectivity index (χ0v) is 21.6. The molecule has 3 rings (SSSR count). The van der Waals surface area contributed by atoms with Crippen LogP contribution in [-0.4, -0.2) is 41.8 Å². The summed E-state index contributed by atoms with van der Waals surface area (Å²) in [5.41, 5.74) is 2.56. The first-order valence-electron chi connectivity index (χ1n) is 11.4. The van der Waals surface area contributed by atoms with Gasteiger partial charge in [-0.25, -0.2) is 13.1 Å². The molecule has 0 aliphatic rings. The molecule has 0 heterocycles. The SMILES string of the molecule is COC(=O)C[C@@H](c1ccc(OC)cc1)[C@@H](/C=C/c1ccc(OC)cc1)NS(=O)(=O)c1ccc(C)cc1. The van der Waals surface area contributed by atoms with E-state index in [1.807, 2.05) is 49.4 Å². The third-order valence-electron chi connectivity index (χ3n) is 5.83. The normalized spacial score (nSPS) is 13.2. The fraction of sp³-hybridized carbons (Fsp3) is 0.250. The molecule has 1 N–H and O–H groups in total. The van der Waals surface area contributed by atoms with Gasteiger partial charge in [-0.2, -0.15) is 0 Å². The summed E-state index contributed by atoms with van der Waals surface area (Å²) in [5, 5.41) is 0. The number of ether oxygens (including phenoxy) is 3. The van der Waals surface area contributed by atoms with E-state index >= 15 is 0 Å². The molecule has 0 radical (unpaired) electrons. The Kier molecular flexibility index (Phi) is 9.27. The van der Waals surface area contributed by atoms with Crippen molar-refractivity contribution in [1.29, 1.82) is 0 Å². The summed E-state index contributed by atoms with van der Waals surface area (Å²) in [4.78, 5) is 12.5. The summed E-state index contributed by atoms with van der Waals surface area (Å²) in [5.74, 6) is 0.373. The summed E-state index contributed by atoms with van der Waals surface area (Å²) in [6.45, 7) is 1.89. The molecule has 0 unspecified atom stereocenters. The molecule has 8 heteroatoms. The molecule has 0 spiro atoms. The molecular weight excluding hydrogens is 478 g/mol. The van der Waals surface area contributed by atoms with E-state index < -0.39 is 28.0 Å². The van der Waals surface area contributed by atoms with Gasteiger partial charge in [0.2, 0.25) is 10.0 Å². The third kappa shape index (κ3) is 7.19. The van der Waals surface area contributed by atoms with Gasteiger partial charge in [-0.15, -0.1) is 0 Å². The smallest absolute Gasteiger partial charge is 0.306 e. The van der Waals surface area contributed by atoms with Gasteiger partial charge in [0.15, 0.2) is 0 Å². The van der Waals surface area contributed by atoms with Gasteiger partial charge in [-0.05, 0) is 54.4 Å². The molecule has 190 valence electrons. The van der Waals surface area contributed by atoms with Crippen LogP contribution in [0.5, 0.6) is 11.5 Å². The van der Waals surface area contributed by atoms with Crippen LogP contribution < -0.4 is 14.2 Å². The molecule has 7 nitrogen and oxygen atoms in total. The lowest BCUT2D eigenvalue weighted by atomic mass is 9.88. The number of hydrogen-bond donors (Lipinski definition) is 1. The number of carbonyl (C=O) groups is 1. The number of aryl methyl sites for hydroxylation is 1. The summed E-state index contributed by atoms with van der Waals surface area (Å²) < 4.78 is 44.9. The van der Waals surface area contributed by atoms with E-state index in [-0.39, 0.29) is 11.3 Å². The van der Waals surface area contributed by atoms with Gasteiger partial charge in [0.1, 0.15) is 11.5 Å². The highest BCUT2D eigenvalue weighted by atomic mass is 32.2. The molecule has 0 aromatic heterocycles. The molecule has 0 aliphatic heterocycles. The summed E-state index contributed by atoms with van der Waals surface area (Å²) in [6, 6.07) is 20.4. The van der Waals surface area contributed by atoms with Crippen molar-refractivity contribution in [3.8, 4) is 11.5 Å². The zero-order chi connectivity index (χ0) is 26.1. The van der Waals surface area contributed by atoms with Gasteiger partial charge in [0.05, 0.1) is 32.6 Å². The van der Waals surface area contributed by atoms with Crippen molar-refractivity contribution < 1.29 is 27.4 Å². The standard InChI is InChI=1S/C28H31NO6S/c1-20-5-16-25(17-6-20)36(31,32)29-27(18-9-21-7-12-23(33-2)13-8-21)26(19-28(30)35-4)22-10-14-24(34-3)15-11-22/h5-18,26-27,29H,19H2,1-4H3/b18-9+/t26-,27+/m0/s1. The highest BCUT2D eigenvalue weighted by Gasteiger charge is 2.29. The highest BCUT2D eigenvalue weighted by molar-refractivity contribution is 7.89. The minimum Gasteiger partial charge on any atom is -0.497 e. The Hall–Kier alpha value is -3.62. The maximum Gasteiger partial charge on any atom is 0.306 e. The Morgan fingerprint density at radius 2 is 1.42 bits per heavy atom. The average Bonchev–Trinajstić information content (AvgIpc) is 2.90. The lowest BCUT2D eigenvalue weighted by Gasteiger charge is -2.26. The molecule has 3 aromatic carbocycles. The summed E-state index contributed by atoms with van der Waals surface area (Å²) >= 11 is 0. The lowest BCUT2D eigenvalue weighted by Crippen LogP contribution is -2.38. The first kappa shape index (κ1) is 27.0. The summed E-state index contributed by atoms with van der Waals surface area (Å²) in [6.07, 6.45) is 3.54. The van der Waals surface area contributed by atoms with Crippen molar-refractivity contribution in [3.63, 3.8) is 0 Å². The van der Waals surface area contributed by atoms with Crippen molar-refractivity contribution in [1.82, 2.24) is 4.72 Å². The second kappa shape index (κ2) is 12.4. The molecule has 0 aliphatic carbocycles. The van der Waals surface area contributed by atoms with Crippen LogP contribution >= 0.6 is 0 Å². The van der Waals surface area contributed by atoms with Crippen LogP contribution in [0.1, 0.15) is 29.0 Å². The third-order valence-corrected chi connectivity index (χ3v) is 7.30. The molecule has 3 aromatic rings. The highest BCUT2D eigenvalue weighted by Crippen LogP contribution is 2.29. The van der Waals surface area contributed by atoms with E-state index in [4.69, 9.17) is 14.2 Å². The van der Waals surface area contributed by atoms with Crippen LogP contribution in [-0.2, 0) is 19.6 Å². The molecule has 0 fully saturated rings. The molecule has 0 bridgehead atoms. The van der Waals surface area contributed by atoms with Gasteiger partial charge < -0.3 is 14.2 Å². The Morgan fingerprint density at radius 1 is 0.861 bits per heavy atom. The fourth-order valence-electron chi connectivity index (χ4n) is 3.72. The minimum atomic E-state index is -3.90. The van der Waals surface area contributed by atoms with Crippen molar-refractivity contribution in [2.45, 2.75) is 30.2 Å². The van der Waals surface area contributed by atoms with Crippen molar-refractivity contribution in [3.05, 3.63) is 95.6 Å². The van der Waals surface area contributed by atoms with Crippen molar-refractivity contribution in [2.75, 3.05) is 21.3 Å². The van der Waals surface area contributed by atoms with E-state index in [1.54, 1.807) is 56.7 Å². The Balaban J connectivity index is 2.04. The molecule has 0 saturated heterocycles. The number of benzene rings is 3. The maximum atomic E-state index is 13.3. The number of hydrogen-bond acceptors (Lipinski definition) is 6. The fourth-order valence-corrected chi connectivity index (χ4v) is 4.95.